The smallest absolute Gasteiger partial charge is 0.183 e. The summed E-state index contributed by atoms with van der Waals surface area (Å²) in [4.78, 5) is 13.3. The van der Waals surface area contributed by atoms with Crippen molar-refractivity contribution in [2.75, 3.05) is 25.6 Å². The number of aliphatic hydroxyl groups is 1. The van der Waals surface area contributed by atoms with Crippen molar-refractivity contribution in [3.8, 4) is 23.0 Å². The van der Waals surface area contributed by atoms with Crippen molar-refractivity contribution >= 4 is 22.4 Å². The van der Waals surface area contributed by atoms with Gasteiger partial charge in [-0.05, 0) is 25.1 Å². The van der Waals surface area contributed by atoms with Crippen LogP contribution in [0.25, 0.3) is 22.4 Å². The van der Waals surface area contributed by atoms with Crippen LogP contribution < -0.4 is 14.8 Å². The zero-order chi connectivity index (χ0) is 26.6. The van der Waals surface area contributed by atoms with Gasteiger partial charge in [-0.2, -0.15) is 5.10 Å². The Morgan fingerprint density at radius 3 is 2.58 bits per heavy atom. The standard InChI is InChI=1S/C27H24F2N6O3/c1-16-11-17(7-8-30-16)32-26-24(37-2)14-31-27(33-26)25-19-5-3-4-6-23(19)35(34-25)15-20-21(28)12-18(13-22(20)29)38-10-9-36/h3-8,11-14,36H,9-10,15H2,1-2H3,(H,30,31,32,33). The van der Waals surface area contributed by atoms with Gasteiger partial charge in [0.05, 0.1) is 32.0 Å². The normalized spacial score (nSPS) is 11.1. The molecule has 194 valence electrons. The summed E-state index contributed by atoms with van der Waals surface area (Å²) in [6.07, 6.45) is 3.22. The Labute approximate surface area is 216 Å². The van der Waals surface area contributed by atoms with Crippen molar-refractivity contribution in [2.45, 2.75) is 13.5 Å². The molecule has 0 unspecified atom stereocenters. The van der Waals surface area contributed by atoms with E-state index >= 15 is 0 Å². The van der Waals surface area contributed by atoms with Gasteiger partial charge in [-0.15, -0.1) is 0 Å². The van der Waals surface area contributed by atoms with Gasteiger partial charge in [-0.25, -0.2) is 18.7 Å². The molecule has 0 saturated heterocycles. The Bertz CT molecular complexity index is 1580. The van der Waals surface area contributed by atoms with E-state index in [0.717, 1.165) is 23.5 Å². The minimum absolute atomic E-state index is 0.000124. The van der Waals surface area contributed by atoms with Crippen molar-refractivity contribution in [1.82, 2.24) is 24.7 Å². The molecule has 0 aliphatic heterocycles. The van der Waals surface area contributed by atoms with Crippen LogP contribution in [0.5, 0.6) is 11.5 Å². The third-order valence-corrected chi connectivity index (χ3v) is 5.79. The lowest BCUT2D eigenvalue weighted by Gasteiger charge is -2.11. The highest BCUT2D eigenvalue weighted by molar-refractivity contribution is 5.92. The Hall–Kier alpha value is -4.64. The number of para-hydroxylation sites is 1. The van der Waals surface area contributed by atoms with Gasteiger partial charge in [0.15, 0.2) is 17.4 Å². The van der Waals surface area contributed by atoms with Crippen LogP contribution in [-0.2, 0) is 6.54 Å². The maximum Gasteiger partial charge on any atom is 0.183 e. The van der Waals surface area contributed by atoms with E-state index < -0.39 is 11.6 Å². The van der Waals surface area contributed by atoms with Crippen molar-refractivity contribution in [3.63, 3.8) is 0 Å². The van der Waals surface area contributed by atoms with Crippen LogP contribution in [0.4, 0.5) is 20.3 Å². The van der Waals surface area contributed by atoms with E-state index in [0.29, 0.717) is 34.0 Å². The number of halogens is 2. The van der Waals surface area contributed by atoms with Gasteiger partial charge in [0.1, 0.15) is 29.7 Å². The van der Waals surface area contributed by atoms with Gasteiger partial charge in [0, 0.05) is 40.7 Å². The molecule has 0 radical (unpaired) electrons. The molecule has 0 saturated carbocycles. The number of methoxy groups -OCH3 is 1. The molecule has 0 bridgehead atoms. The molecule has 5 rings (SSSR count). The Balaban J connectivity index is 1.54. The molecule has 3 aromatic heterocycles. The van der Waals surface area contributed by atoms with E-state index in [9.17, 15) is 8.78 Å². The number of aliphatic hydroxyl groups excluding tert-OH is 1. The summed E-state index contributed by atoms with van der Waals surface area (Å²) in [7, 11) is 1.52. The summed E-state index contributed by atoms with van der Waals surface area (Å²) in [6, 6.07) is 13.2. The second-order valence-electron chi connectivity index (χ2n) is 8.38. The van der Waals surface area contributed by atoms with Crippen LogP contribution in [0.15, 0.2) is 60.9 Å². The van der Waals surface area contributed by atoms with Crippen LogP contribution in [0.2, 0.25) is 0 Å². The average Bonchev–Trinajstić information content (AvgIpc) is 3.28. The van der Waals surface area contributed by atoms with Gasteiger partial charge >= 0.3 is 0 Å². The number of nitrogens with zero attached hydrogens (tertiary/aromatic N) is 5. The van der Waals surface area contributed by atoms with E-state index in [4.69, 9.17) is 14.6 Å². The zero-order valence-corrected chi connectivity index (χ0v) is 20.7. The van der Waals surface area contributed by atoms with E-state index in [1.165, 1.54) is 18.0 Å². The van der Waals surface area contributed by atoms with Crippen LogP contribution >= 0.6 is 0 Å². The molecular formula is C27H24F2N6O3. The van der Waals surface area contributed by atoms with Crippen LogP contribution in [0, 0.1) is 18.6 Å². The third kappa shape index (κ3) is 5.09. The number of ether oxygens (including phenoxy) is 2. The van der Waals surface area contributed by atoms with Gasteiger partial charge in [0.2, 0.25) is 0 Å². The average molecular weight is 519 g/mol. The molecule has 11 heteroatoms. The fraction of sp³-hybridized carbons (Fsp3) is 0.185. The topological polar surface area (TPSA) is 107 Å². The Morgan fingerprint density at radius 2 is 1.84 bits per heavy atom. The number of benzene rings is 2. The first kappa shape index (κ1) is 25.0. The lowest BCUT2D eigenvalue weighted by Crippen LogP contribution is -2.08. The first-order chi connectivity index (χ1) is 18.5. The molecule has 0 spiro atoms. The van der Waals surface area contributed by atoms with E-state index in [1.54, 1.807) is 6.20 Å². The second-order valence-corrected chi connectivity index (χ2v) is 8.38. The summed E-state index contributed by atoms with van der Waals surface area (Å²) in [5, 5.41) is 17.5. The van der Waals surface area contributed by atoms with E-state index in [-0.39, 0.29) is 31.1 Å². The second kappa shape index (κ2) is 10.8. The van der Waals surface area contributed by atoms with Gasteiger partial charge < -0.3 is 19.9 Å². The monoisotopic (exact) mass is 518 g/mol. The molecule has 0 aliphatic rings. The molecule has 0 fully saturated rings. The van der Waals surface area contributed by atoms with Crippen molar-refractivity contribution in [2.24, 2.45) is 0 Å². The Morgan fingerprint density at radius 1 is 1.05 bits per heavy atom. The quantitative estimate of drug-likeness (QED) is 0.291. The maximum atomic E-state index is 14.9. The number of rotatable bonds is 9. The minimum atomic E-state index is -0.779. The summed E-state index contributed by atoms with van der Waals surface area (Å²) >= 11 is 0. The highest BCUT2D eigenvalue weighted by atomic mass is 19.1. The SMILES string of the molecule is COc1cnc(-c2nn(Cc3c(F)cc(OCCO)cc3F)c3ccccc23)nc1Nc1ccnc(C)c1. The highest BCUT2D eigenvalue weighted by Gasteiger charge is 2.20. The molecule has 38 heavy (non-hydrogen) atoms. The van der Waals surface area contributed by atoms with Crippen LogP contribution in [0.3, 0.4) is 0 Å². The third-order valence-electron chi connectivity index (χ3n) is 5.79. The fourth-order valence-corrected chi connectivity index (χ4v) is 4.02. The molecule has 0 amide bonds. The molecule has 9 nitrogen and oxygen atoms in total. The number of pyridine rings is 1. The molecule has 3 heterocycles. The summed E-state index contributed by atoms with van der Waals surface area (Å²) in [5.74, 6) is -0.391. The number of fused-ring (bicyclic) bond motifs is 1. The first-order valence-electron chi connectivity index (χ1n) is 11.7. The Kier molecular flexibility index (Phi) is 7.09. The summed E-state index contributed by atoms with van der Waals surface area (Å²) < 4.78 is 41.8. The predicted octanol–water partition coefficient (Wildman–Crippen LogP) is 4.65. The fourth-order valence-electron chi connectivity index (χ4n) is 4.02. The molecule has 5 aromatic rings. The highest BCUT2D eigenvalue weighted by Crippen LogP contribution is 2.31. The van der Waals surface area contributed by atoms with Crippen LogP contribution in [0.1, 0.15) is 11.3 Å². The largest absolute Gasteiger partial charge is 0.491 e. The molecular weight excluding hydrogens is 494 g/mol. The summed E-state index contributed by atoms with van der Waals surface area (Å²) in [6.45, 7) is 1.38. The molecule has 0 atom stereocenters. The minimum Gasteiger partial charge on any atom is -0.491 e. The van der Waals surface area contributed by atoms with Crippen molar-refractivity contribution < 1.29 is 23.4 Å². The predicted molar refractivity (Wildman–Crippen MR) is 138 cm³/mol. The number of anilines is 2. The van der Waals surface area contributed by atoms with Crippen LogP contribution in [-0.4, -0.2) is 50.2 Å². The lowest BCUT2D eigenvalue weighted by molar-refractivity contribution is 0.200. The van der Waals surface area contributed by atoms with Gasteiger partial charge in [0.25, 0.3) is 0 Å². The van der Waals surface area contributed by atoms with Crippen molar-refractivity contribution in [3.05, 3.63) is 83.8 Å². The molecule has 0 aliphatic carbocycles. The van der Waals surface area contributed by atoms with E-state index in [1.807, 2.05) is 43.3 Å². The van der Waals surface area contributed by atoms with E-state index in [2.05, 4.69) is 25.4 Å². The number of hydrogen-bond acceptors (Lipinski definition) is 8. The number of aromatic nitrogens is 5. The maximum absolute atomic E-state index is 14.9. The number of hydrogen-bond donors (Lipinski definition) is 2. The zero-order valence-electron chi connectivity index (χ0n) is 20.7. The lowest BCUT2D eigenvalue weighted by atomic mass is 10.1. The summed E-state index contributed by atoms with van der Waals surface area (Å²) in [5.41, 5.74) is 2.53. The molecule has 2 aromatic carbocycles. The first-order valence-corrected chi connectivity index (χ1v) is 11.7. The number of nitrogens with one attached hydrogen (secondary N) is 1. The van der Waals surface area contributed by atoms with Gasteiger partial charge in [-0.1, -0.05) is 18.2 Å². The molecule has 2 N–H and O–H groups in total. The number of aryl methyl sites for hydroxylation is 1. The van der Waals surface area contributed by atoms with Crippen molar-refractivity contribution in [1.29, 1.82) is 0 Å². The van der Waals surface area contributed by atoms with Gasteiger partial charge in [-0.3, -0.25) is 9.67 Å².